The van der Waals surface area contributed by atoms with Gasteiger partial charge in [0.1, 0.15) is 11.4 Å². The minimum Gasteiger partial charge on any atom is -0.478 e. The zero-order valence-corrected chi connectivity index (χ0v) is 11.2. The molecule has 0 saturated carbocycles. The largest absolute Gasteiger partial charge is 0.478 e. The van der Waals surface area contributed by atoms with Crippen molar-refractivity contribution in [3.63, 3.8) is 0 Å². The molecule has 0 spiro atoms. The Morgan fingerprint density at radius 3 is 2.95 bits per heavy atom. The molecule has 0 radical (unpaired) electrons. The van der Waals surface area contributed by atoms with Crippen LogP contribution in [0.2, 0.25) is 0 Å². The quantitative estimate of drug-likeness (QED) is 0.750. The van der Waals surface area contributed by atoms with Crippen LogP contribution in [0.15, 0.2) is 49.1 Å². The number of imidazole rings is 1. The highest BCUT2D eigenvalue weighted by Crippen LogP contribution is 2.20. The number of pyridine rings is 1. The summed E-state index contributed by atoms with van der Waals surface area (Å²) in [5.41, 5.74) is 0.951. The predicted octanol–water partition coefficient (Wildman–Crippen LogP) is 2.24. The molecular formula is C15H14N4O2. The number of aromatic carboxylic acids is 1. The van der Waals surface area contributed by atoms with Crippen LogP contribution in [-0.4, -0.2) is 32.2 Å². The summed E-state index contributed by atoms with van der Waals surface area (Å²) in [6.45, 7) is 1.26. The van der Waals surface area contributed by atoms with Gasteiger partial charge in [-0.25, -0.2) is 14.8 Å². The second-order valence-corrected chi connectivity index (χ2v) is 4.61. The van der Waals surface area contributed by atoms with Crippen LogP contribution in [0.5, 0.6) is 0 Å². The van der Waals surface area contributed by atoms with Crippen LogP contribution in [0.3, 0.4) is 0 Å². The molecule has 0 amide bonds. The molecule has 0 saturated heterocycles. The van der Waals surface area contributed by atoms with Crippen LogP contribution in [-0.2, 0) is 6.54 Å². The Balaban J connectivity index is 1.85. The van der Waals surface area contributed by atoms with Gasteiger partial charge in [-0.3, -0.25) is 0 Å². The van der Waals surface area contributed by atoms with Crippen LogP contribution in [0, 0.1) is 0 Å². The first kappa shape index (κ1) is 13.1. The number of para-hydroxylation sites is 1. The molecule has 106 valence electrons. The third kappa shape index (κ3) is 2.84. The van der Waals surface area contributed by atoms with E-state index >= 15 is 0 Å². The molecule has 0 aliphatic carbocycles. The Morgan fingerprint density at radius 1 is 1.33 bits per heavy atom. The first-order chi connectivity index (χ1) is 10.2. The fourth-order valence-corrected chi connectivity index (χ4v) is 2.14. The van der Waals surface area contributed by atoms with Gasteiger partial charge in [0.25, 0.3) is 0 Å². The Kier molecular flexibility index (Phi) is 3.51. The maximum absolute atomic E-state index is 11.4. The zero-order chi connectivity index (χ0) is 14.7. The highest BCUT2D eigenvalue weighted by atomic mass is 16.4. The molecule has 0 fully saturated rings. The van der Waals surface area contributed by atoms with Crippen molar-refractivity contribution in [3.8, 4) is 0 Å². The zero-order valence-electron chi connectivity index (χ0n) is 11.2. The highest BCUT2D eigenvalue weighted by molar-refractivity contribution is 5.98. The molecular weight excluding hydrogens is 268 g/mol. The van der Waals surface area contributed by atoms with Crippen molar-refractivity contribution in [2.75, 3.05) is 11.9 Å². The second-order valence-electron chi connectivity index (χ2n) is 4.61. The fraction of sp³-hybridized carbons (Fsp3) is 0.133. The normalized spacial score (nSPS) is 10.7. The second kappa shape index (κ2) is 5.62. The molecule has 6 nitrogen and oxygen atoms in total. The van der Waals surface area contributed by atoms with Crippen molar-refractivity contribution in [2.24, 2.45) is 0 Å². The van der Waals surface area contributed by atoms with Gasteiger partial charge in [0.05, 0.1) is 11.8 Å². The summed E-state index contributed by atoms with van der Waals surface area (Å²) in [6.07, 6.45) is 5.28. The number of nitrogens with one attached hydrogen (secondary N) is 1. The van der Waals surface area contributed by atoms with Crippen LogP contribution >= 0.6 is 0 Å². The lowest BCUT2D eigenvalue weighted by Crippen LogP contribution is -2.13. The number of hydrogen-bond acceptors (Lipinski definition) is 4. The molecule has 21 heavy (non-hydrogen) atoms. The van der Waals surface area contributed by atoms with E-state index in [4.69, 9.17) is 0 Å². The van der Waals surface area contributed by atoms with Gasteiger partial charge >= 0.3 is 5.97 Å². The van der Waals surface area contributed by atoms with Crippen molar-refractivity contribution in [3.05, 3.63) is 54.6 Å². The number of aromatic nitrogens is 3. The van der Waals surface area contributed by atoms with E-state index in [0.29, 0.717) is 18.9 Å². The van der Waals surface area contributed by atoms with Gasteiger partial charge in [0.2, 0.25) is 0 Å². The molecule has 1 aromatic carbocycles. The molecule has 0 unspecified atom stereocenters. The Bertz CT molecular complexity index is 768. The highest BCUT2D eigenvalue weighted by Gasteiger charge is 2.12. The van der Waals surface area contributed by atoms with E-state index < -0.39 is 5.97 Å². The van der Waals surface area contributed by atoms with Crippen LogP contribution in [0.1, 0.15) is 10.4 Å². The molecule has 2 aromatic heterocycles. The smallest absolute Gasteiger partial charge is 0.339 e. The number of fused-ring (bicyclic) bond motifs is 1. The Hall–Kier alpha value is -2.89. The van der Waals surface area contributed by atoms with Crippen LogP contribution in [0.25, 0.3) is 10.9 Å². The van der Waals surface area contributed by atoms with E-state index in [2.05, 4.69) is 15.3 Å². The molecule has 0 aliphatic heterocycles. The molecule has 3 rings (SSSR count). The molecule has 0 bridgehead atoms. The van der Waals surface area contributed by atoms with E-state index in [0.717, 1.165) is 10.9 Å². The van der Waals surface area contributed by atoms with Gasteiger partial charge in [-0.2, -0.15) is 0 Å². The third-order valence-electron chi connectivity index (χ3n) is 3.18. The van der Waals surface area contributed by atoms with Gasteiger partial charge in [-0.1, -0.05) is 18.2 Å². The number of carbonyl (C=O) groups is 1. The number of benzene rings is 1. The number of rotatable bonds is 5. The van der Waals surface area contributed by atoms with Gasteiger partial charge in [-0.05, 0) is 12.1 Å². The lowest BCUT2D eigenvalue weighted by Gasteiger charge is -2.10. The monoisotopic (exact) mass is 282 g/mol. The number of hydrogen-bond donors (Lipinski definition) is 2. The van der Waals surface area contributed by atoms with Gasteiger partial charge in [0, 0.05) is 30.9 Å². The van der Waals surface area contributed by atoms with Gasteiger partial charge in [-0.15, -0.1) is 0 Å². The van der Waals surface area contributed by atoms with Crippen molar-refractivity contribution in [1.29, 1.82) is 0 Å². The number of anilines is 1. The average molecular weight is 282 g/mol. The maximum atomic E-state index is 11.4. The minimum absolute atomic E-state index is 0.180. The molecule has 0 aliphatic rings. The molecule has 3 aromatic rings. The Labute approximate surface area is 121 Å². The topological polar surface area (TPSA) is 80.0 Å². The minimum atomic E-state index is -0.988. The molecule has 6 heteroatoms. The van der Waals surface area contributed by atoms with Crippen molar-refractivity contribution in [2.45, 2.75) is 6.54 Å². The Morgan fingerprint density at radius 2 is 2.19 bits per heavy atom. The third-order valence-corrected chi connectivity index (χ3v) is 3.18. The van der Waals surface area contributed by atoms with E-state index in [1.807, 2.05) is 35.0 Å². The summed E-state index contributed by atoms with van der Waals surface area (Å²) in [5, 5.41) is 13.2. The summed E-state index contributed by atoms with van der Waals surface area (Å²) in [5.74, 6) is -0.598. The first-order valence-electron chi connectivity index (χ1n) is 6.57. The fourth-order valence-electron chi connectivity index (χ4n) is 2.14. The number of carboxylic acid groups (broad SMARTS) is 1. The summed E-state index contributed by atoms with van der Waals surface area (Å²) in [6, 6.07) is 9.10. The van der Waals surface area contributed by atoms with E-state index in [1.165, 1.54) is 0 Å². The summed E-state index contributed by atoms with van der Waals surface area (Å²) in [4.78, 5) is 19.7. The van der Waals surface area contributed by atoms with Crippen molar-refractivity contribution in [1.82, 2.24) is 14.5 Å². The molecule has 0 atom stereocenters. The van der Waals surface area contributed by atoms with E-state index in [9.17, 15) is 9.90 Å². The van der Waals surface area contributed by atoms with Crippen LogP contribution in [0.4, 0.5) is 5.82 Å². The van der Waals surface area contributed by atoms with Gasteiger partial charge in [0.15, 0.2) is 0 Å². The first-order valence-corrected chi connectivity index (χ1v) is 6.57. The standard InChI is InChI=1S/C15H14N4O2/c20-15(21)12-9-11-3-1-2-4-13(11)18-14(12)17-6-8-19-7-5-16-10-19/h1-5,7,9-10H,6,8H2,(H,17,18)(H,20,21). The molecule has 2 N–H and O–H groups in total. The molecule has 2 heterocycles. The van der Waals surface area contributed by atoms with E-state index in [1.54, 1.807) is 18.6 Å². The van der Waals surface area contributed by atoms with Crippen molar-refractivity contribution >= 4 is 22.7 Å². The summed E-state index contributed by atoms with van der Waals surface area (Å²) >= 11 is 0. The van der Waals surface area contributed by atoms with Crippen LogP contribution < -0.4 is 5.32 Å². The SMILES string of the molecule is O=C(O)c1cc2ccccc2nc1NCCn1ccnc1. The number of carboxylic acids is 1. The van der Waals surface area contributed by atoms with Gasteiger partial charge < -0.3 is 15.0 Å². The van der Waals surface area contributed by atoms with Crippen molar-refractivity contribution < 1.29 is 9.90 Å². The average Bonchev–Trinajstić information content (AvgIpc) is 2.99. The summed E-state index contributed by atoms with van der Waals surface area (Å²) < 4.78 is 1.91. The summed E-state index contributed by atoms with van der Waals surface area (Å²) in [7, 11) is 0. The lowest BCUT2D eigenvalue weighted by atomic mass is 10.1. The number of nitrogens with zero attached hydrogens (tertiary/aromatic N) is 3. The maximum Gasteiger partial charge on any atom is 0.339 e. The van der Waals surface area contributed by atoms with E-state index in [-0.39, 0.29) is 5.56 Å². The lowest BCUT2D eigenvalue weighted by molar-refractivity contribution is 0.0698. The predicted molar refractivity (Wildman–Crippen MR) is 79.4 cm³/mol.